The van der Waals surface area contributed by atoms with E-state index in [1.807, 2.05) is 0 Å². The van der Waals surface area contributed by atoms with E-state index in [1.54, 1.807) is 12.1 Å². The predicted octanol–water partition coefficient (Wildman–Crippen LogP) is -2.87. The summed E-state index contributed by atoms with van der Waals surface area (Å²) in [4.78, 5) is 123. The number of Topliss-reactive ketones (excluding diaryl/α,β-unsaturated/α-hetero) is 1. The smallest absolute Gasteiger partial charge is 0.335 e. The SMILES string of the molecule is CC(=O)[C@H](C)NC(=O)[C@H](CO)NC(=O)[C@H](CO)NC(=O)[C@H](C)NC(=O)[C@H](CO)NC(=O)[C@H](CO)NC(=O)CC[C@H](NC(=O)CCCCCCCCCCOc1ccc(C(=O)O)cc1)C(=O)O. The monoisotopic (exact) mass is 939 g/mol. The molecule has 0 saturated carbocycles. The van der Waals surface area contributed by atoms with Crippen molar-refractivity contribution in [1.29, 1.82) is 0 Å². The lowest BCUT2D eigenvalue weighted by atomic mass is 10.1. The van der Waals surface area contributed by atoms with E-state index in [9.17, 15) is 73.5 Å². The second kappa shape index (κ2) is 31.6. The summed E-state index contributed by atoms with van der Waals surface area (Å²) in [7, 11) is 0. The standard InChI is InChI=1S/C42H65N7O17/c1-24(26(3)54)43-37(58)31(21-51)49-40(61)33(23-53)47-36(57)25(2)44-38(59)32(22-52)48-39(60)30(20-50)46-35(56)18-17-29(42(64)65)45-34(55)12-10-8-6-4-5-7-9-11-19-66-28-15-13-27(14-16-28)41(62)63/h13-16,24-25,29-33,50-53H,4-12,17-23H2,1-3H3,(H,43,58)(H,44,59)(H,45,55)(H,46,56)(H,47,57)(H,48,60)(H,49,61)(H,62,63)(H,64,65)/t24-,25-,29-,30-,31-,32-,33-/m0/s1. The van der Waals surface area contributed by atoms with Crippen LogP contribution < -0.4 is 42.0 Å². The molecule has 0 radical (unpaired) electrons. The Bertz CT molecular complexity index is 1780. The van der Waals surface area contributed by atoms with Crippen molar-refractivity contribution in [2.75, 3.05) is 33.0 Å². The number of aliphatic hydroxyl groups excluding tert-OH is 4. The summed E-state index contributed by atoms with van der Waals surface area (Å²) in [5.41, 5.74) is 0.187. The fourth-order valence-corrected chi connectivity index (χ4v) is 5.81. The Morgan fingerprint density at radius 3 is 1.33 bits per heavy atom. The second-order valence-electron chi connectivity index (χ2n) is 15.4. The molecule has 0 saturated heterocycles. The van der Waals surface area contributed by atoms with Crippen LogP contribution in [0, 0.1) is 0 Å². The van der Waals surface area contributed by atoms with E-state index in [1.165, 1.54) is 26.0 Å². The van der Waals surface area contributed by atoms with Gasteiger partial charge in [-0.1, -0.05) is 38.5 Å². The van der Waals surface area contributed by atoms with Crippen LogP contribution in [0.1, 0.15) is 102 Å². The summed E-state index contributed by atoms with van der Waals surface area (Å²) in [6.45, 7) is 0.337. The van der Waals surface area contributed by atoms with Crippen molar-refractivity contribution in [2.24, 2.45) is 0 Å². The molecule has 7 atom stereocenters. The highest BCUT2D eigenvalue weighted by molar-refractivity contribution is 5.97. The first-order chi connectivity index (χ1) is 31.3. The van der Waals surface area contributed by atoms with Crippen LogP contribution in [0.2, 0.25) is 0 Å². The topological polar surface area (TPSA) is 386 Å². The number of aliphatic hydroxyl groups is 4. The first-order valence-electron chi connectivity index (χ1n) is 21.5. The zero-order valence-corrected chi connectivity index (χ0v) is 37.3. The molecule has 370 valence electrons. The van der Waals surface area contributed by atoms with Gasteiger partial charge in [0.1, 0.15) is 42.0 Å². The van der Waals surface area contributed by atoms with Crippen LogP contribution in [0.5, 0.6) is 5.75 Å². The largest absolute Gasteiger partial charge is 0.494 e. The highest BCUT2D eigenvalue weighted by atomic mass is 16.5. The molecule has 0 unspecified atom stereocenters. The number of aliphatic carboxylic acids is 1. The van der Waals surface area contributed by atoms with Crippen molar-refractivity contribution in [1.82, 2.24) is 37.2 Å². The third kappa shape index (κ3) is 22.6. The van der Waals surface area contributed by atoms with Crippen molar-refractivity contribution in [2.45, 2.75) is 134 Å². The maximum absolute atomic E-state index is 12.9. The molecule has 1 rings (SSSR count). The molecule has 66 heavy (non-hydrogen) atoms. The van der Waals surface area contributed by atoms with Crippen LogP contribution in [0.15, 0.2) is 24.3 Å². The zero-order chi connectivity index (χ0) is 49.8. The fourth-order valence-electron chi connectivity index (χ4n) is 5.81. The van der Waals surface area contributed by atoms with Crippen molar-refractivity contribution in [3.8, 4) is 5.75 Å². The predicted molar refractivity (Wildman–Crippen MR) is 231 cm³/mol. The number of amides is 7. The number of ether oxygens (including phenoxy) is 1. The van der Waals surface area contributed by atoms with E-state index in [2.05, 4.69) is 37.2 Å². The van der Waals surface area contributed by atoms with Gasteiger partial charge in [-0.2, -0.15) is 0 Å². The lowest BCUT2D eigenvalue weighted by molar-refractivity contribution is -0.142. The number of benzene rings is 1. The zero-order valence-electron chi connectivity index (χ0n) is 37.3. The van der Waals surface area contributed by atoms with Crippen LogP contribution in [0.25, 0.3) is 0 Å². The van der Waals surface area contributed by atoms with Gasteiger partial charge in [-0.05, 0) is 64.3 Å². The van der Waals surface area contributed by atoms with Gasteiger partial charge in [-0.25, -0.2) is 9.59 Å². The summed E-state index contributed by atoms with van der Waals surface area (Å²) in [5.74, 6) is -8.97. The number of rotatable bonds is 34. The number of nitrogens with one attached hydrogen (secondary N) is 7. The van der Waals surface area contributed by atoms with Crippen LogP contribution in [0.4, 0.5) is 0 Å². The molecule has 0 bridgehead atoms. The van der Waals surface area contributed by atoms with Crippen LogP contribution >= 0.6 is 0 Å². The number of carbonyl (C=O) groups is 10. The van der Waals surface area contributed by atoms with Crippen LogP contribution in [0.3, 0.4) is 0 Å². The van der Waals surface area contributed by atoms with Gasteiger partial charge in [0.05, 0.1) is 44.6 Å². The molecule has 0 aromatic heterocycles. The van der Waals surface area contributed by atoms with E-state index >= 15 is 0 Å². The van der Waals surface area contributed by atoms with E-state index in [-0.39, 0.29) is 18.4 Å². The molecule has 0 spiro atoms. The maximum atomic E-state index is 12.9. The minimum absolute atomic E-state index is 0.0637. The number of hydrogen-bond acceptors (Lipinski definition) is 15. The molecular weight excluding hydrogens is 874 g/mol. The second-order valence-corrected chi connectivity index (χ2v) is 15.4. The Balaban J connectivity index is 2.48. The molecule has 24 nitrogen and oxygen atoms in total. The van der Waals surface area contributed by atoms with Crippen molar-refractivity contribution >= 4 is 59.1 Å². The fraction of sp³-hybridized carbons (Fsp3) is 0.619. The number of hydrogen-bond donors (Lipinski definition) is 13. The molecule has 7 amide bonds. The van der Waals surface area contributed by atoms with E-state index < -0.39 is 134 Å². The number of aromatic carboxylic acids is 1. The van der Waals surface area contributed by atoms with Gasteiger partial charge >= 0.3 is 11.9 Å². The van der Waals surface area contributed by atoms with Gasteiger partial charge in [-0.3, -0.25) is 38.4 Å². The Kier molecular flexibility index (Phi) is 27.7. The summed E-state index contributed by atoms with van der Waals surface area (Å²) in [6, 6.07) is -4.30. The summed E-state index contributed by atoms with van der Waals surface area (Å²) in [5, 5.41) is 72.7. The number of carboxylic acid groups (broad SMARTS) is 2. The average Bonchev–Trinajstić information content (AvgIpc) is 3.28. The number of carbonyl (C=O) groups excluding carboxylic acids is 8. The molecule has 1 aromatic rings. The quantitative estimate of drug-likeness (QED) is 0.0309. The Morgan fingerprint density at radius 1 is 0.485 bits per heavy atom. The highest BCUT2D eigenvalue weighted by Gasteiger charge is 2.31. The van der Waals surface area contributed by atoms with E-state index in [0.29, 0.717) is 18.8 Å². The molecule has 0 heterocycles. The Hall–Kier alpha value is -6.24. The molecule has 0 aliphatic carbocycles. The van der Waals surface area contributed by atoms with Gasteiger partial charge in [0.25, 0.3) is 0 Å². The number of ketones is 1. The number of unbranched alkanes of at least 4 members (excludes halogenated alkanes) is 7. The van der Waals surface area contributed by atoms with Gasteiger partial charge in [-0.15, -0.1) is 0 Å². The lowest BCUT2D eigenvalue weighted by Crippen LogP contribution is -2.60. The van der Waals surface area contributed by atoms with Gasteiger partial charge in [0.15, 0.2) is 5.78 Å². The van der Waals surface area contributed by atoms with Gasteiger partial charge < -0.3 is 72.6 Å². The molecule has 0 aliphatic rings. The third-order valence-electron chi connectivity index (χ3n) is 9.96. The minimum Gasteiger partial charge on any atom is -0.494 e. The lowest BCUT2D eigenvalue weighted by Gasteiger charge is -2.24. The van der Waals surface area contributed by atoms with Crippen molar-refractivity contribution in [3.05, 3.63) is 29.8 Å². The molecule has 13 N–H and O–H groups in total. The van der Waals surface area contributed by atoms with Crippen molar-refractivity contribution < 1.29 is 83.3 Å². The molecular formula is C42H65N7O17. The highest BCUT2D eigenvalue weighted by Crippen LogP contribution is 2.14. The van der Waals surface area contributed by atoms with Crippen LogP contribution in [-0.2, 0) is 43.2 Å². The maximum Gasteiger partial charge on any atom is 0.335 e. The Morgan fingerprint density at radius 2 is 0.879 bits per heavy atom. The van der Waals surface area contributed by atoms with Gasteiger partial charge in [0, 0.05) is 12.8 Å². The first-order valence-corrected chi connectivity index (χ1v) is 21.5. The van der Waals surface area contributed by atoms with Gasteiger partial charge in [0.2, 0.25) is 41.4 Å². The van der Waals surface area contributed by atoms with E-state index in [4.69, 9.17) is 9.84 Å². The molecule has 0 aliphatic heterocycles. The number of carboxylic acids is 2. The normalized spacial score (nSPS) is 14.0. The van der Waals surface area contributed by atoms with E-state index in [0.717, 1.165) is 51.9 Å². The van der Waals surface area contributed by atoms with Crippen molar-refractivity contribution in [3.63, 3.8) is 0 Å². The summed E-state index contributed by atoms with van der Waals surface area (Å²) < 4.78 is 5.62. The summed E-state index contributed by atoms with van der Waals surface area (Å²) in [6.07, 6.45) is 6.06. The minimum atomic E-state index is -1.74. The first kappa shape index (κ1) is 57.8. The Labute approximate surface area is 381 Å². The average molecular weight is 940 g/mol. The molecule has 0 fully saturated rings. The third-order valence-corrected chi connectivity index (χ3v) is 9.96. The summed E-state index contributed by atoms with van der Waals surface area (Å²) >= 11 is 0. The molecule has 24 heteroatoms. The molecule has 1 aromatic carbocycles. The van der Waals surface area contributed by atoms with Crippen LogP contribution in [-0.4, -0.2) is 165 Å².